The van der Waals surface area contributed by atoms with Gasteiger partial charge < -0.3 is 0 Å². The number of hydrazine groups is 2. The standard InChI is InChI=1S/C12H19N3/c1-4-8-13-11-7-12-14(9-5-2)15(13)10-6-3/h4-7,11H,1-3,8-10,12H2. The third-order valence-electron chi connectivity index (χ3n) is 2.17. The van der Waals surface area contributed by atoms with Crippen LogP contribution in [0.2, 0.25) is 0 Å². The van der Waals surface area contributed by atoms with Gasteiger partial charge in [0.2, 0.25) is 0 Å². The lowest BCUT2D eigenvalue weighted by molar-refractivity contribution is -0.146. The molecule has 0 aromatic rings. The monoisotopic (exact) mass is 205 g/mol. The van der Waals surface area contributed by atoms with Gasteiger partial charge in [-0.25, -0.2) is 5.01 Å². The van der Waals surface area contributed by atoms with Gasteiger partial charge >= 0.3 is 0 Å². The van der Waals surface area contributed by atoms with Gasteiger partial charge in [-0.3, -0.25) is 5.01 Å². The van der Waals surface area contributed by atoms with E-state index < -0.39 is 0 Å². The highest BCUT2D eigenvalue weighted by Crippen LogP contribution is 2.10. The van der Waals surface area contributed by atoms with Crippen LogP contribution in [0.25, 0.3) is 0 Å². The lowest BCUT2D eigenvalue weighted by atomic mass is 10.4. The molecular formula is C12H19N3. The van der Waals surface area contributed by atoms with E-state index in [0.29, 0.717) is 0 Å². The minimum atomic E-state index is 0.798. The summed E-state index contributed by atoms with van der Waals surface area (Å²) in [5.41, 5.74) is 0. The summed E-state index contributed by atoms with van der Waals surface area (Å²) in [5.74, 6) is 0. The maximum atomic E-state index is 3.77. The van der Waals surface area contributed by atoms with Crippen molar-refractivity contribution in [1.29, 1.82) is 0 Å². The summed E-state index contributed by atoms with van der Waals surface area (Å²) >= 11 is 0. The van der Waals surface area contributed by atoms with Gasteiger partial charge in [0.1, 0.15) is 0 Å². The molecule has 0 atom stereocenters. The highest BCUT2D eigenvalue weighted by atomic mass is 15.9. The molecule has 0 spiro atoms. The molecule has 0 unspecified atom stereocenters. The van der Waals surface area contributed by atoms with Crippen LogP contribution in [0, 0.1) is 0 Å². The van der Waals surface area contributed by atoms with E-state index >= 15 is 0 Å². The zero-order valence-electron chi connectivity index (χ0n) is 9.18. The quantitative estimate of drug-likeness (QED) is 0.612. The fourth-order valence-electron chi connectivity index (χ4n) is 1.57. The van der Waals surface area contributed by atoms with Crippen molar-refractivity contribution in [3.63, 3.8) is 0 Å². The van der Waals surface area contributed by atoms with Crippen LogP contribution >= 0.6 is 0 Å². The summed E-state index contributed by atoms with van der Waals surface area (Å²) in [4.78, 5) is 0. The number of nitrogens with zero attached hydrogens (tertiary/aromatic N) is 3. The molecule has 1 heterocycles. The molecule has 0 saturated heterocycles. The molecule has 1 aliphatic heterocycles. The molecule has 0 saturated carbocycles. The molecule has 15 heavy (non-hydrogen) atoms. The lowest BCUT2D eigenvalue weighted by Crippen LogP contribution is -2.53. The molecule has 0 aromatic carbocycles. The minimum absolute atomic E-state index is 0.798. The van der Waals surface area contributed by atoms with Gasteiger partial charge in [0.15, 0.2) is 0 Å². The molecule has 82 valence electrons. The predicted molar refractivity (Wildman–Crippen MR) is 64.7 cm³/mol. The van der Waals surface area contributed by atoms with Crippen LogP contribution in [0.5, 0.6) is 0 Å². The molecule has 1 rings (SSSR count). The SMILES string of the molecule is C=CCN1C=CCN(CC=C)N1CC=C. The maximum absolute atomic E-state index is 3.77. The first kappa shape index (κ1) is 11.8. The Morgan fingerprint density at radius 3 is 2.27 bits per heavy atom. The number of rotatable bonds is 6. The van der Waals surface area contributed by atoms with Gasteiger partial charge in [0.25, 0.3) is 0 Å². The summed E-state index contributed by atoms with van der Waals surface area (Å²) in [6.07, 6.45) is 9.89. The molecule has 1 aliphatic rings. The molecule has 0 aliphatic carbocycles. The van der Waals surface area contributed by atoms with E-state index in [-0.39, 0.29) is 0 Å². The van der Waals surface area contributed by atoms with Crippen molar-refractivity contribution in [1.82, 2.24) is 15.1 Å². The highest BCUT2D eigenvalue weighted by Gasteiger charge is 2.19. The van der Waals surface area contributed by atoms with Crippen LogP contribution in [0.3, 0.4) is 0 Å². The second kappa shape index (κ2) is 6.22. The van der Waals surface area contributed by atoms with E-state index in [4.69, 9.17) is 0 Å². The second-order valence-corrected chi connectivity index (χ2v) is 3.30. The maximum Gasteiger partial charge on any atom is 0.0532 e. The van der Waals surface area contributed by atoms with Gasteiger partial charge in [-0.05, 0) is 0 Å². The number of hydrogen-bond donors (Lipinski definition) is 0. The largest absolute Gasteiger partial charge is 0.296 e. The Hall–Kier alpha value is -1.32. The highest BCUT2D eigenvalue weighted by molar-refractivity contribution is 4.93. The average molecular weight is 205 g/mol. The van der Waals surface area contributed by atoms with Crippen LogP contribution in [-0.2, 0) is 0 Å². The first-order chi connectivity index (χ1) is 7.33. The molecule has 0 amide bonds. The molecule has 0 aromatic heterocycles. The van der Waals surface area contributed by atoms with Crippen molar-refractivity contribution in [3.8, 4) is 0 Å². The van der Waals surface area contributed by atoms with E-state index in [9.17, 15) is 0 Å². The number of hydrogen-bond acceptors (Lipinski definition) is 3. The summed E-state index contributed by atoms with van der Waals surface area (Å²) in [7, 11) is 0. The molecule has 3 heteroatoms. The normalized spacial score (nSPS) is 17.7. The van der Waals surface area contributed by atoms with Crippen LogP contribution in [-0.4, -0.2) is 41.3 Å². The minimum Gasteiger partial charge on any atom is -0.296 e. The fraction of sp³-hybridized carbons (Fsp3) is 0.333. The van der Waals surface area contributed by atoms with Crippen molar-refractivity contribution >= 4 is 0 Å². The van der Waals surface area contributed by atoms with Crippen molar-refractivity contribution in [2.45, 2.75) is 0 Å². The summed E-state index contributed by atoms with van der Waals surface area (Å²) < 4.78 is 0. The first-order valence-electron chi connectivity index (χ1n) is 5.11. The van der Waals surface area contributed by atoms with E-state index in [0.717, 1.165) is 26.2 Å². The second-order valence-electron chi connectivity index (χ2n) is 3.30. The molecule has 0 radical (unpaired) electrons. The Kier molecular flexibility index (Phi) is 4.87. The Balaban J connectivity index is 2.72. The fourth-order valence-corrected chi connectivity index (χ4v) is 1.57. The van der Waals surface area contributed by atoms with Gasteiger partial charge in [0.05, 0.1) is 13.1 Å². The molecule has 3 nitrogen and oxygen atoms in total. The summed E-state index contributed by atoms with van der Waals surface area (Å²) in [6, 6.07) is 0. The zero-order chi connectivity index (χ0) is 11.1. The first-order valence-corrected chi connectivity index (χ1v) is 5.11. The van der Waals surface area contributed by atoms with Crippen molar-refractivity contribution in [3.05, 3.63) is 50.2 Å². The smallest absolute Gasteiger partial charge is 0.0532 e. The van der Waals surface area contributed by atoms with Crippen LogP contribution < -0.4 is 0 Å². The van der Waals surface area contributed by atoms with Crippen LogP contribution in [0.4, 0.5) is 0 Å². The summed E-state index contributed by atoms with van der Waals surface area (Å²) in [5, 5.41) is 6.47. The average Bonchev–Trinajstić information content (AvgIpc) is 2.23. The topological polar surface area (TPSA) is 9.72 Å². The van der Waals surface area contributed by atoms with Gasteiger partial charge in [-0.1, -0.05) is 24.3 Å². The Bertz CT molecular complexity index is 258. The summed E-state index contributed by atoms with van der Waals surface area (Å²) in [6.45, 7) is 14.6. The van der Waals surface area contributed by atoms with E-state index in [1.165, 1.54) is 0 Å². The van der Waals surface area contributed by atoms with Gasteiger partial charge in [-0.2, -0.15) is 0 Å². The van der Waals surface area contributed by atoms with Crippen molar-refractivity contribution in [2.75, 3.05) is 26.2 Å². The van der Waals surface area contributed by atoms with Gasteiger partial charge in [-0.15, -0.1) is 24.9 Å². The molecule has 0 fully saturated rings. The van der Waals surface area contributed by atoms with Crippen molar-refractivity contribution < 1.29 is 0 Å². The Morgan fingerprint density at radius 2 is 1.67 bits per heavy atom. The zero-order valence-corrected chi connectivity index (χ0v) is 9.18. The molecule has 0 bridgehead atoms. The van der Waals surface area contributed by atoms with Crippen LogP contribution in [0.15, 0.2) is 50.2 Å². The third kappa shape index (κ3) is 3.08. The lowest BCUT2D eigenvalue weighted by Gasteiger charge is -2.42. The van der Waals surface area contributed by atoms with E-state index in [2.05, 4.69) is 47.1 Å². The Morgan fingerprint density at radius 1 is 1.00 bits per heavy atom. The van der Waals surface area contributed by atoms with E-state index in [1.807, 2.05) is 18.2 Å². The molecule has 0 N–H and O–H groups in total. The molecular weight excluding hydrogens is 186 g/mol. The van der Waals surface area contributed by atoms with Gasteiger partial charge in [0, 0.05) is 19.3 Å². The van der Waals surface area contributed by atoms with Crippen LogP contribution in [0.1, 0.15) is 0 Å². The van der Waals surface area contributed by atoms with E-state index in [1.54, 1.807) is 0 Å². The Labute approximate surface area is 92.2 Å². The van der Waals surface area contributed by atoms with Crippen molar-refractivity contribution in [2.24, 2.45) is 0 Å². The predicted octanol–water partition coefficient (Wildman–Crippen LogP) is 1.81. The third-order valence-corrected chi connectivity index (χ3v) is 2.17.